The summed E-state index contributed by atoms with van der Waals surface area (Å²) >= 11 is 0. The molecule has 0 N–H and O–H groups in total. The molecule has 4 nitrogen and oxygen atoms in total. The molecule has 0 aromatic heterocycles. The van der Waals surface area contributed by atoms with Gasteiger partial charge in [0.1, 0.15) is 11.6 Å². The van der Waals surface area contributed by atoms with E-state index in [-0.39, 0.29) is 24.4 Å². The third kappa shape index (κ3) is 5.01. The molecular weight excluding hydrogens is 273 g/mol. The molecule has 1 aliphatic rings. The first-order valence-electron chi connectivity index (χ1n) is 7.46. The van der Waals surface area contributed by atoms with Crippen molar-refractivity contribution < 1.29 is 18.7 Å². The maximum Gasteiger partial charge on any atom is 0.260 e. The predicted molar refractivity (Wildman–Crippen MR) is 77.7 cm³/mol. The Morgan fingerprint density at radius 2 is 2.14 bits per heavy atom. The molecule has 1 aromatic carbocycles. The smallest absolute Gasteiger partial charge is 0.260 e. The van der Waals surface area contributed by atoms with E-state index in [4.69, 9.17) is 9.47 Å². The van der Waals surface area contributed by atoms with E-state index in [9.17, 15) is 9.18 Å². The van der Waals surface area contributed by atoms with Crippen molar-refractivity contribution in [3.63, 3.8) is 0 Å². The van der Waals surface area contributed by atoms with Crippen LogP contribution in [-0.4, -0.2) is 43.2 Å². The van der Waals surface area contributed by atoms with Crippen LogP contribution in [0.15, 0.2) is 24.3 Å². The lowest BCUT2D eigenvalue weighted by molar-refractivity contribution is -0.137. The number of amides is 1. The number of hydrogen-bond donors (Lipinski definition) is 0. The fraction of sp³-hybridized carbons (Fsp3) is 0.562. The van der Waals surface area contributed by atoms with Crippen LogP contribution in [0.25, 0.3) is 0 Å². The molecule has 0 unspecified atom stereocenters. The van der Waals surface area contributed by atoms with Gasteiger partial charge < -0.3 is 14.4 Å². The van der Waals surface area contributed by atoms with Gasteiger partial charge in [-0.2, -0.15) is 0 Å². The van der Waals surface area contributed by atoms with E-state index in [2.05, 4.69) is 6.92 Å². The molecule has 116 valence electrons. The van der Waals surface area contributed by atoms with Crippen molar-refractivity contribution >= 4 is 5.91 Å². The third-order valence-corrected chi connectivity index (χ3v) is 3.46. The first kappa shape index (κ1) is 15.8. The maximum absolute atomic E-state index is 12.8. The highest BCUT2D eigenvalue weighted by atomic mass is 19.1. The van der Waals surface area contributed by atoms with Crippen molar-refractivity contribution in [1.82, 2.24) is 4.90 Å². The first-order chi connectivity index (χ1) is 10.2. The lowest BCUT2D eigenvalue weighted by Gasteiger charge is -2.32. The van der Waals surface area contributed by atoms with Crippen LogP contribution in [0.3, 0.4) is 0 Å². The minimum Gasteiger partial charge on any atom is -0.484 e. The SMILES string of the molecule is CCCO[C@H]1CCCN(C(=O)COc2ccc(F)cc2)C1. The van der Waals surface area contributed by atoms with E-state index in [1.807, 2.05) is 0 Å². The lowest BCUT2D eigenvalue weighted by atomic mass is 10.1. The van der Waals surface area contributed by atoms with Crippen molar-refractivity contribution in [2.24, 2.45) is 0 Å². The molecule has 1 amide bonds. The molecule has 0 bridgehead atoms. The van der Waals surface area contributed by atoms with Crippen molar-refractivity contribution in [3.8, 4) is 5.75 Å². The summed E-state index contributed by atoms with van der Waals surface area (Å²) in [6.45, 7) is 4.16. The molecule has 1 aromatic rings. The zero-order valence-electron chi connectivity index (χ0n) is 12.4. The van der Waals surface area contributed by atoms with Gasteiger partial charge in [0.05, 0.1) is 6.10 Å². The van der Waals surface area contributed by atoms with E-state index in [0.29, 0.717) is 12.3 Å². The number of carbonyl (C=O) groups is 1. The molecule has 0 saturated carbocycles. The number of nitrogens with zero attached hydrogens (tertiary/aromatic N) is 1. The molecule has 0 spiro atoms. The van der Waals surface area contributed by atoms with Crippen LogP contribution in [0.5, 0.6) is 5.75 Å². The molecule has 5 heteroatoms. The molecule has 1 heterocycles. The van der Waals surface area contributed by atoms with Gasteiger partial charge in [0, 0.05) is 19.7 Å². The topological polar surface area (TPSA) is 38.8 Å². The number of benzene rings is 1. The van der Waals surface area contributed by atoms with Crippen molar-refractivity contribution in [2.45, 2.75) is 32.3 Å². The number of carbonyl (C=O) groups excluding carboxylic acids is 1. The molecule has 1 aliphatic heterocycles. The van der Waals surface area contributed by atoms with Gasteiger partial charge in [0.25, 0.3) is 5.91 Å². The molecule has 1 saturated heterocycles. The zero-order valence-corrected chi connectivity index (χ0v) is 12.4. The molecule has 0 radical (unpaired) electrons. The number of ether oxygens (including phenoxy) is 2. The minimum atomic E-state index is -0.319. The standard InChI is InChI=1S/C16H22FNO3/c1-2-10-20-15-4-3-9-18(11-15)16(19)12-21-14-7-5-13(17)6-8-14/h5-8,15H,2-4,9-12H2,1H3/t15-/m0/s1. The van der Waals surface area contributed by atoms with Gasteiger partial charge >= 0.3 is 0 Å². The Bertz CT molecular complexity index is 449. The summed E-state index contributed by atoms with van der Waals surface area (Å²) in [5, 5.41) is 0. The fourth-order valence-corrected chi connectivity index (χ4v) is 2.35. The molecule has 21 heavy (non-hydrogen) atoms. The van der Waals surface area contributed by atoms with Crippen LogP contribution >= 0.6 is 0 Å². The van der Waals surface area contributed by atoms with Gasteiger partial charge in [-0.25, -0.2) is 4.39 Å². The maximum atomic E-state index is 12.8. The van der Waals surface area contributed by atoms with E-state index in [1.165, 1.54) is 24.3 Å². The minimum absolute atomic E-state index is 0.0217. The van der Waals surface area contributed by atoms with Crippen LogP contribution in [0.4, 0.5) is 4.39 Å². The number of rotatable bonds is 6. The third-order valence-electron chi connectivity index (χ3n) is 3.46. The van der Waals surface area contributed by atoms with Crippen LogP contribution in [0.2, 0.25) is 0 Å². The second-order valence-corrected chi connectivity index (χ2v) is 5.22. The van der Waals surface area contributed by atoms with Crippen LogP contribution in [-0.2, 0) is 9.53 Å². The highest BCUT2D eigenvalue weighted by molar-refractivity contribution is 5.77. The Hall–Kier alpha value is -1.62. The molecule has 0 aliphatic carbocycles. The average molecular weight is 295 g/mol. The number of halogens is 1. The Balaban J connectivity index is 1.78. The van der Waals surface area contributed by atoms with Crippen LogP contribution in [0.1, 0.15) is 26.2 Å². The fourth-order valence-electron chi connectivity index (χ4n) is 2.35. The summed E-state index contributed by atoms with van der Waals surface area (Å²) in [4.78, 5) is 13.9. The number of likely N-dealkylation sites (tertiary alicyclic amines) is 1. The van der Waals surface area contributed by atoms with Gasteiger partial charge in [-0.3, -0.25) is 4.79 Å². The van der Waals surface area contributed by atoms with Gasteiger partial charge in [0.15, 0.2) is 6.61 Å². The predicted octanol–water partition coefficient (Wildman–Crippen LogP) is 2.62. The van der Waals surface area contributed by atoms with Gasteiger partial charge in [-0.05, 0) is 43.5 Å². The van der Waals surface area contributed by atoms with Crippen molar-refractivity contribution in [3.05, 3.63) is 30.1 Å². The van der Waals surface area contributed by atoms with E-state index in [1.54, 1.807) is 4.90 Å². The van der Waals surface area contributed by atoms with E-state index in [0.717, 1.165) is 32.4 Å². The highest BCUT2D eigenvalue weighted by Crippen LogP contribution is 2.15. The summed E-state index contributed by atoms with van der Waals surface area (Å²) in [5.74, 6) is 0.130. The monoisotopic (exact) mass is 295 g/mol. The molecule has 2 rings (SSSR count). The largest absolute Gasteiger partial charge is 0.484 e. The number of hydrogen-bond acceptors (Lipinski definition) is 3. The van der Waals surface area contributed by atoms with Gasteiger partial charge in [-0.15, -0.1) is 0 Å². The summed E-state index contributed by atoms with van der Waals surface area (Å²) in [7, 11) is 0. The lowest BCUT2D eigenvalue weighted by Crippen LogP contribution is -2.45. The first-order valence-corrected chi connectivity index (χ1v) is 7.46. The second-order valence-electron chi connectivity index (χ2n) is 5.22. The van der Waals surface area contributed by atoms with Crippen molar-refractivity contribution in [2.75, 3.05) is 26.3 Å². The Morgan fingerprint density at radius 1 is 1.38 bits per heavy atom. The molecule has 1 fully saturated rings. The summed E-state index contributed by atoms with van der Waals surface area (Å²) < 4.78 is 23.9. The van der Waals surface area contributed by atoms with Crippen molar-refractivity contribution in [1.29, 1.82) is 0 Å². The van der Waals surface area contributed by atoms with Gasteiger partial charge in [-0.1, -0.05) is 6.92 Å². The summed E-state index contributed by atoms with van der Waals surface area (Å²) in [6, 6.07) is 5.67. The van der Waals surface area contributed by atoms with Gasteiger partial charge in [0.2, 0.25) is 0 Å². The normalized spacial score (nSPS) is 18.6. The quantitative estimate of drug-likeness (QED) is 0.810. The molecule has 1 atom stereocenters. The highest BCUT2D eigenvalue weighted by Gasteiger charge is 2.24. The van der Waals surface area contributed by atoms with Crippen LogP contribution < -0.4 is 4.74 Å². The van der Waals surface area contributed by atoms with E-state index < -0.39 is 0 Å². The Morgan fingerprint density at radius 3 is 2.86 bits per heavy atom. The summed E-state index contributed by atoms with van der Waals surface area (Å²) in [5.41, 5.74) is 0. The summed E-state index contributed by atoms with van der Waals surface area (Å²) in [6.07, 6.45) is 3.07. The second kappa shape index (κ2) is 7.98. The van der Waals surface area contributed by atoms with Crippen LogP contribution in [0, 0.1) is 5.82 Å². The van der Waals surface area contributed by atoms with E-state index >= 15 is 0 Å². The average Bonchev–Trinajstić information content (AvgIpc) is 2.52. The molecular formula is C16H22FNO3. The number of piperidine rings is 1. The Labute approximate surface area is 124 Å². The Kier molecular flexibility index (Phi) is 5.99. The zero-order chi connectivity index (χ0) is 15.1.